The van der Waals surface area contributed by atoms with Crippen LogP contribution in [-0.2, 0) is 4.79 Å². The molecule has 3 N–H and O–H groups in total. The largest absolute Gasteiger partial charge is 0.369 e. The number of rotatable bonds is 4. The zero-order valence-electron chi connectivity index (χ0n) is 9.46. The SMILES string of the molecule is CCNc1ncnc(NC2CNC(=O)C2)c1Br. The number of halogens is 1. The lowest BCUT2D eigenvalue weighted by Crippen LogP contribution is -2.23. The van der Waals surface area contributed by atoms with E-state index >= 15 is 0 Å². The molecular formula is C10H14BrN5O. The van der Waals surface area contributed by atoms with Crippen LogP contribution >= 0.6 is 15.9 Å². The lowest BCUT2D eigenvalue weighted by atomic mass is 10.2. The molecule has 1 aromatic rings. The van der Waals surface area contributed by atoms with Gasteiger partial charge in [0.2, 0.25) is 5.91 Å². The van der Waals surface area contributed by atoms with Crippen LogP contribution in [0.25, 0.3) is 0 Å². The molecule has 1 atom stereocenters. The molecule has 0 saturated carbocycles. The van der Waals surface area contributed by atoms with E-state index in [2.05, 4.69) is 41.8 Å². The number of amides is 1. The van der Waals surface area contributed by atoms with E-state index in [1.807, 2.05) is 6.92 Å². The maximum Gasteiger partial charge on any atom is 0.222 e. The van der Waals surface area contributed by atoms with Crippen molar-refractivity contribution in [2.24, 2.45) is 0 Å². The minimum atomic E-state index is 0.0691. The summed E-state index contributed by atoms with van der Waals surface area (Å²) in [7, 11) is 0. The third-order valence-electron chi connectivity index (χ3n) is 2.45. The zero-order valence-corrected chi connectivity index (χ0v) is 11.0. The Labute approximate surface area is 108 Å². The van der Waals surface area contributed by atoms with Crippen LogP contribution in [-0.4, -0.2) is 35.0 Å². The molecule has 2 heterocycles. The minimum absolute atomic E-state index is 0.0691. The summed E-state index contributed by atoms with van der Waals surface area (Å²) >= 11 is 3.45. The van der Waals surface area contributed by atoms with Crippen LogP contribution < -0.4 is 16.0 Å². The summed E-state index contributed by atoms with van der Waals surface area (Å²) in [6.07, 6.45) is 1.97. The minimum Gasteiger partial charge on any atom is -0.369 e. The number of carbonyl (C=O) groups is 1. The molecule has 1 aromatic heterocycles. The summed E-state index contributed by atoms with van der Waals surface area (Å²) in [5.74, 6) is 1.53. The second-order valence-corrected chi connectivity index (χ2v) is 4.56. The summed E-state index contributed by atoms with van der Waals surface area (Å²) in [6, 6.07) is 0.0863. The van der Waals surface area contributed by atoms with Gasteiger partial charge in [0.05, 0.1) is 6.04 Å². The van der Waals surface area contributed by atoms with E-state index in [-0.39, 0.29) is 11.9 Å². The van der Waals surface area contributed by atoms with Gasteiger partial charge in [-0.15, -0.1) is 0 Å². The highest BCUT2D eigenvalue weighted by molar-refractivity contribution is 9.10. The van der Waals surface area contributed by atoms with E-state index in [0.717, 1.165) is 16.8 Å². The number of carbonyl (C=O) groups excluding carboxylic acids is 1. The summed E-state index contributed by atoms with van der Waals surface area (Å²) < 4.78 is 0.793. The summed E-state index contributed by atoms with van der Waals surface area (Å²) in [6.45, 7) is 3.42. The van der Waals surface area contributed by atoms with Crippen LogP contribution in [0.15, 0.2) is 10.8 Å². The van der Waals surface area contributed by atoms with Gasteiger partial charge in [-0.1, -0.05) is 0 Å². The fourth-order valence-electron chi connectivity index (χ4n) is 1.66. The molecule has 0 aromatic carbocycles. The lowest BCUT2D eigenvalue weighted by Gasteiger charge is -2.14. The summed E-state index contributed by atoms with van der Waals surface area (Å²) in [5, 5.41) is 9.12. The number of hydrogen-bond donors (Lipinski definition) is 3. The van der Waals surface area contributed by atoms with Crippen molar-refractivity contribution in [1.82, 2.24) is 15.3 Å². The highest BCUT2D eigenvalue weighted by Gasteiger charge is 2.22. The quantitative estimate of drug-likeness (QED) is 0.772. The van der Waals surface area contributed by atoms with Gasteiger partial charge in [0, 0.05) is 19.5 Å². The molecule has 0 bridgehead atoms. The Morgan fingerprint density at radius 2 is 2.29 bits per heavy atom. The number of anilines is 2. The van der Waals surface area contributed by atoms with Gasteiger partial charge < -0.3 is 16.0 Å². The van der Waals surface area contributed by atoms with E-state index < -0.39 is 0 Å². The summed E-state index contributed by atoms with van der Waals surface area (Å²) in [5.41, 5.74) is 0. The number of aromatic nitrogens is 2. The first-order valence-electron chi connectivity index (χ1n) is 5.48. The van der Waals surface area contributed by atoms with E-state index in [0.29, 0.717) is 18.8 Å². The molecule has 1 aliphatic heterocycles. The molecule has 0 spiro atoms. The summed E-state index contributed by atoms with van der Waals surface area (Å²) in [4.78, 5) is 19.4. The molecule has 92 valence electrons. The van der Waals surface area contributed by atoms with E-state index in [1.54, 1.807) is 0 Å². The van der Waals surface area contributed by atoms with Gasteiger partial charge in [0.25, 0.3) is 0 Å². The zero-order chi connectivity index (χ0) is 12.3. The fourth-order valence-corrected chi connectivity index (χ4v) is 2.12. The molecule has 1 aliphatic rings. The third-order valence-corrected chi connectivity index (χ3v) is 3.20. The Hall–Kier alpha value is -1.37. The van der Waals surface area contributed by atoms with E-state index in [4.69, 9.17) is 0 Å². The van der Waals surface area contributed by atoms with Gasteiger partial charge in [0.1, 0.15) is 22.4 Å². The monoisotopic (exact) mass is 299 g/mol. The molecule has 1 saturated heterocycles. The average Bonchev–Trinajstić information content (AvgIpc) is 2.70. The second-order valence-electron chi connectivity index (χ2n) is 3.76. The number of nitrogens with one attached hydrogen (secondary N) is 3. The van der Waals surface area contributed by atoms with Crippen molar-refractivity contribution in [3.8, 4) is 0 Å². The predicted octanol–water partition coefficient (Wildman–Crippen LogP) is 0.971. The first-order valence-corrected chi connectivity index (χ1v) is 6.27. The molecule has 0 radical (unpaired) electrons. The molecule has 2 rings (SSSR count). The smallest absolute Gasteiger partial charge is 0.222 e. The van der Waals surface area contributed by atoms with Gasteiger partial charge in [-0.3, -0.25) is 4.79 Å². The van der Waals surface area contributed by atoms with Crippen molar-refractivity contribution in [3.63, 3.8) is 0 Å². The van der Waals surface area contributed by atoms with Gasteiger partial charge in [-0.25, -0.2) is 9.97 Å². The number of nitrogens with zero attached hydrogens (tertiary/aromatic N) is 2. The molecule has 1 fully saturated rings. The second kappa shape index (κ2) is 5.31. The fraction of sp³-hybridized carbons (Fsp3) is 0.500. The normalized spacial score (nSPS) is 18.9. The number of hydrogen-bond acceptors (Lipinski definition) is 5. The molecule has 17 heavy (non-hydrogen) atoms. The van der Waals surface area contributed by atoms with Crippen LogP contribution in [0.5, 0.6) is 0 Å². The third kappa shape index (κ3) is 2.85. The van der Waals surface area contributed by atoms with Gasteiger partial charge in [-0.2, -0.15) is 0 Å². The molecule has 6 nitrogen and oxygen atoms in total. The lowest BCUT2D eigenvalue weighted by molar-refractivity contribution is -0.119. The maximum absolute atomic E-state index is 11.1. The van der Waals surface area contributed by atoms with Crippen molar-refractivity contribution < 1.29 is 4.79 Å². The van der Waals surface area contributed by atoms with Crippen LogP contribution in [0.1, 0.15) is 13.3 Å². The first kappa shape index (κ1) is 12.1. The van der Waals surface area contributed by atoms with Gasteiger partial charge in [0.15, 0.2) is 0 Å². The maximum atomic E-state index is 11.1. The Morgan fingerprint density at radius 1 is 1.53 bits per heavy atom. The average molecular weight is 300 g/mol. The highest BCUT2D eigenvalue weighted by Crippen LogP contribution is 2.27. The topological polar surface area (TPSA) is 78.9 Å². The molecule has 7 heteroatoms. The van der Waals surface area contributed by atoms with Crippen molar-refractivity contribution in [1.29, 1.82) is 0 Å². The van der Waals surface area contributed by atoms with Crippen molar-refractivity contribution in [3.05, 3.63) is 10.8 Å². The Bertz CT molecular complexity index is 425. The van der Waals surface area contributed by atoms with Crippen LogP contribution in [0, 0.1) is 0 Å². The Balaban J connectivity index is 2.10. The van der Waals surface area contributed by atoms with E-state index in [1.165, 1.54) is 6.33 Å². The van der Waals surface area contributed by atoms with Crippen molar-refractivity contribution in [2.75, 3.05) is 23.7 Å². The molecule has 0 aliphatic carbocycles. The molecule has 1 unspecified atom stereocenters. The predicted molar refractivity (Wildman–Crippen MR) is 68.9 cm³/mol. The Kier molecular flexibility index (Phi) is 3.78. The van der Waals surface area contributed by atoms with E-state index in [9.17, 15) is 4.79 Å². The standard InChI is InChI=1S/C10H14BrN5O/c1-2-12-9-8(11)10(15-5-14-9)16-6-3-7(17)13-4-6/h5-6H,2-4H2,1H3,(H,13,17)(H2,12,14,15,16). The Morgan fingerprint density at radius 3 is 2.94 bits per heavy atom. The van der Waals surface area contributed by atoms with Crippen molar-refractivity contribution in [2.45, 2.75) is 19.4 Å². The molecular weight excluding hydrogens is 286 g/mol. The van der Waals surface area contributed by atoms with Crippen molar-refractivity contribution >= 4 is 33.5 Å². The van der Waals surface area contributed by atoms with Crippen LogP contribution in [0.2, 0.25) is 0 Å². The van der Waals surface area contributed by atoms with Crippen LogP contribution in [0.3, 0.4) is 0 Å². The highest BCUT2D eigenvalue weighted by atomic mass is 79.9. The van der Waals surface area contributed by atoms with Crippen LogP contribution in [0.4, 0.5) is 11.6 Å². The van der Waals surface area contributed by atoms with Gasteiger partial charge >= 0.3 is 0 Å². The van der Waals surface area contributed by atoms with Gasteiger partial charge in [-0.05, 0) is 22.9 Å². The first-order chi connectivity index (χ1) is 8.20. The molecule has 1 amide bonds.